The number of likely N-dealkylation sites (N-methyl/N-ethyl adjacent to an activating group) is 1. The molecule has 0 aliphatic heterocycles. The maximum absolute atomic E-state index is 8.93. The van der Waals surface area contributed by atoms with Crippen LogP contribution in [0, 0.1) is 11.3 Å². The molecule has 0 saturated heterocycles. The molecule has 0 aromatic heterocycles. The quantitative estimate of drug-likeness (QED) is 0.621. The first-order chi connectivity index (χ1) is 7.29. The lowest BCUT2D eigenvalue weighted by Gasteiger charge is -2.18. The van der Waals surface area contributed by atoms with Crippen molar-refractivity contribution < 1.29 is 0 Å². The third-order valence-electron chi connectivity index (χ3n) is 2.09. The first-order valence-corrected chi connectivity index (χ1v) is 5.39. The zero-order chi connectivity index (χ0) is 11.1. The van der Waals surface area contributed by atoms with Crippen LogP contribution in [0.2, 0.25) is 0 Å². The molecule has 0 amide bonds. The molecular weight excluding hydrogens is 204 g/mol. The first-order valence-electron chi connectivity index (χ1n) is 4.75. The standard InChI is InChI=1S/C12H14N2S/c1-14(8-4-5-9-15)12-7-3-2-6-11(12)10-13/h2-7,15H,8-9H2,1H3. The molecule has 0 radical (unpaired) electrons. The van der Waals surface area contributed by atoms with Crippen molar-refractivity contribution >= 4 is 18.3 Å². The van der Waals surface area contributed by atoms with Gasteiger partial charge in [0.1, 0.15) is 6.07 Å². The molecular formula is C12H14N2S. The van der Waals surface area contributed by atoms with E-state index in [1.54, 1.807) is 0 Å². The Kier molecular flexibility index (Phi) is 4.79. The van der Waals surface area contributed by atoms with E-state index in [9.17, 15) is 0 Å². The molecule has 0 bridgehead atoms. The van der Waals surface area contributed by atoms with Crippen molar-refractivity contribution in [1.82, 2.24) is 0 Å². The van der Waals surface area contributed by atoms with Gasteiger partial charge in [-0.25, -0.2) is 0 Å². The second kappa shape index (κ2) is 6.15. The summed E-state index contributed by atoms with van der Waals surface area (Å²) in [7, 11) is 1.97. The largest absolute Gasteiger partial charge is 0.370 e. The van der Waals surface area contributed by atoms with Gasteiger partial charge in [0.2, 0.25) is 0 Å². The summed E-state index contributed by atoms with van der Waals surface area (Å²) in [6.07, 6.45) is 4.04. The Hall–Kier alpha value is -1.40. The van der Waals surface area contributed by atoms with Crippen molar-refractivity contribution in [2.24, 2.45) is 0 Å². The lowest BCUT2D eigenvalue weighted by Crippen LogP contribution is -2.17. The minimum atomic E-state index is 0.708. The number of benzene rings is 1. The van der Waals surface area contributed by atoms with Crippen molar-refractivity contribution in [2.45, 2.75) is 0 Å². The molecule has 0 heterocycles. The molecule has 15 heavy (non-hydrogen) atoms. The Bertz CT molecular complexity index is 379. The summed E-state index contributed by atoms with van der Waals surface area (Å²) in [6, 6.07) is 9.78. The van der Waals surface area contributed by atoms with Crippen LogP contribution in [0.1, 0.15) is 5.56 Å². The van der Waals surface area contributed by atoms with Gasteiger partial charge >= 0.3 is 0 Å². The first kappa shape index (κ1) is 11.7. The van der Waals surface area contributed by atoms with Crippen LogP contribution in [-0.4, -0.2) is 19.3 Å². The van der Waals surface area contributed by atoms with Gasteiger partial charge in [-0.15, -0.1) is 0 Å². The van der Waals surface area contributed by atoms with Crippen LogP contribution in [0.3, 0.4) is 0 Å². The predicted octanol–water partition coefficient (Wildman–Crippen LogP) is 2.48. The Balaban J connectivity index is 2.77. The van der Waals surface area contributed by atoms with Crippen LogP contribution in [0.15, 0.2) is 36.4 Å². The minimum Gasteiger partial charge on any atom is -0.370 e. The van der Waals surface area contributed by atoms with Gasteiger partial charge in [0, 0.05) is 19.3 Å². The summed E-state index contributed by atoms with van der Waals surface area (Å²) in [5.41, 5.74) is 1.67. The van der Waals surface area contributed by atoms with Crippen molar-refractivity contribution in [2.75, 3.05) is 24.2 Å². The van der Waals surface area contributed by atoms with Gasteiger partial charge in [-0.05, 0) is 12.1 Å². The van der Waals surface area contributed by atoms with E-state index in [4.69, 9.17) is 5.26 Å². The molecule has 0 N–H and O–H groups in total. The summed E-state index contributed by atoms with van der Waals surface area (Å²) >= 11 is 4.09. The van der Waals surface area contributed by atoms with Crippen LogP contribution >= 0.6 is 12.6 Å². The molecule has 2 nitrogen and oxygen atoms in total. The van der Waals surface area contributed by atoms with Gasteiger partial charge in [-0.1, -0.05) is 24.3 Å². The zero-order valence-corrected chi connectivity index (χ0v) is 9.61. The van der Waals surface area contributed by atoms with E-state index in [-0.39, 0.29) is 0 Å². The van der Waals surface area contributed by atoms with Crippen LogP contribution in [0.4, 0.5) is 5.69 Å². The van der Waals surface area contributed by atoms with Crippen molar-refractivity contribution in [3.05, 3.63) is 42.0 Å². The summed E-state index contributed by atoms with van der Waals surface area (Å²) in [4.78, 5) is 2.04. The van der Waals surface area contributed by atoms with Gasteiger partial charge in [0.15, 0.2) is 0 Å². The molecule has 0 aliphatic carbocycles. The second-order valence-corrected chi connectivity index (χ2v) is 3.53. The SMILES string of the molecule is CN(CC=CCS)c1ccccc1C#N. The monoisotopic (exact) mass is 218 g/mol. The number of nitrogens with zero attached hydrogens (tertiary/aromatic N) is 2. The number of rotatable bonds is 4. The third-order valence-corrected chi connectivity index (χ3v) is 2.30. The fraction of sp³-hybridized carbons (Fsp3) is 0.250. The Morgan fingerprint density at radius 1 is 1.40 bits per heavy atom. The average Bonchev–Trinajstić information content (AvgIpc) is 2.29. The molecule has 0 atom stereocenters. The highest BCUT2D eigenvalue weighted by atomic mass is 32.1. The number of thiol groups is 1. The molecule has 0 unspecified atom stereocenters. The van der Waals surface area contributed by atoms with Crippen molar-refractivity contribution in [1.29, 1.82) is 5.26 Å². The van der Waals surface area contributed by atoms with E-state index < -0.39 is 0 Å². The summed E-state index contributed by atoms with van der Waals surface area (Å²) in [5, 5.41) is 8.93. The molecule has 0 spiro atoms. The Labute approximate surface area is 96.2 Å². The summed E-state index contributed by atoms with van der Waals surface area (Å²) in [5.74, 6) is 0.744. The second-order valence-electron chi connectivity index (χ2n) is 3.16. The topological polar surface area (TPSA) is 27.0 Å². The number of anilines is 1. The van der Waals surface area contributed by atoms with Crippen LogP contribution in [-0.2, 0) is 0 Å². The molecule has 0 aliphatic rings. The number of hydrogen-bond acceptors (Lipinski definition) is 3. The Morgan fingerprint density at radius 2 is 2.13 bits per heavy atom. The fourth-order valence-corrected chi connectivity index (χ4v) is 1.46. The molecule has 1 rings (SSSR count). The van der Waals surface area contributed by atoms with Crippen LogP contribution in [0.5, 0.6) is 0 Å². The summed E-state index contributed by atoms with van der Waals surface area (Å²) < 4.78 is 0. The normalized spacial score (nSPS) is 10.2. The van der Waals surface area contributed by atoms with Gasteiger partial charge < -0.3 is 4.90 Å². The van der Waals surface area contributed by atoms with Gasteiger partial charge in [-0.2, -0.15) is 17.9 Å². The van der Waals surface area contributed by atoms with E-state index in [1.807, 2.05) is 48.4 Å². The predicted molar refractivity (Wildman–Crippen MR) is 67.4 cm³/mol. The maximum Gasteiger partial charge on any atom is 0.101 e. The highest BCUT2D eigenvalue weighted by Gasteiger charge is 2.03. The number of hydrogen-bond donors (Lipinski definition) is 1. The average molecular weight is 218 g/mol. The van der Waals surface area contributed by atoms with Crippen LogP contribution in [0.25, 0.3) is 0 Å². The molecule has 1 aromatic carbocycles. The van der Waals surface area contributed by atoms with E-state index in [2.05, 4.69) is 18.7 Å². The maximum atomic E-state index is 8.93. The molecule has 3 heteroatoms. The molecule has 1 aromatic rings. The lowest BCUT2D eigenvalue weighted by molar-refractivity contribution is 1.03. The number of para-hydroxylation sites is 1. The summed E-state index contributed by atoms with van der Waals surface area (Å²) in [6.45, 7) is 0.791. The van der Waals surface area contributed by atoms with Crippen LogP contribution < -0.4 is 4.90 Å². The third kappa shape index (κ3) is 3.34. The molecule has 0 fully saturated rings. The Morgan fingerprint density at radius 3 is 2.80 bits per heavy atom. The van der Waals surface area contributed by atoms with Gasteiger partial charge in [-0.3, -0.25) is 0 Å². The highest BCUT2D eigenvalue weighted by molar-refractivity contribution is 7.80. The van der Waals surface area contributed by atoms with Gasteiger partial charge in [0.25, 0.3) is 0 Å². The minimum absolute atomic E-state index is 0.708. The van der Waals surface area contributed by atoms with E-state index in [1.165, 1.54) is 0 Å². The van der Waals surface area contributed by atoms with E-state index >= 15 is 0 Å². The van der Waals surface area contributed by atoms with Crippen molar-refractivity contribution in [3.8, 4) is 6.07 Å². The highest BCUT2D eigenvalue weighted by Crippen LogP contribution is 2.17. The van der Waals surface area contributed by atoms with Gasteiger partial charge in [0.05, 0.1) is 11.3 Å². The molecule has 0 saturated carbocycles. The van der Waals surface area contributed by atoms with E-state index in [0.717, 1.165) is 18.0 Å². The van der Waals surface area contributed by atoms with Crippen molar-refractivity contribution in [3.63, 3.8) is 0 Å². The number of nitriles is 1. The fourth-order valence-electron chi connectivity index (χ4n) is 1.31. The zero-order valence-electron chi connectivity index (χ0n) is 8.72. The lowest BCUT2D eigenvalue weighted by atomic mass is 10.2. The van der Waals surface area contributed by atoms with E-state index in [0.29, 0.717) is 5.56 Å². The molecule has 78 valence electrons. The smallest absolute Gasteiger partial charge is 0.101 e.